The molecule has 0 saturated heterocycles. The van der Waals surface area contributed by atoms with Crippen molar-refractivity contribution in [2.45, 2.75) is 4.90 Å². The summed E-state index contributed by atoms with van der Waals surface area (Å²) in [7, 11) is 0. The molecule has 3 rings (SSSR count). The van der Waals surface area contributed by atoms with E-state index in [0.717, 1.165) is 11.3 Å². The van der Waals surface area contributed by atoms with Crippen LogP contribution in [-0.4, -0.2) is 32.8 Å². The molecule has 1 heterocycles. The van der Waals surface area contributed by atoms with Crippen LogP contribution < -0.4 is 5.32 Å². The lowest BCUT2D eigenvalue weighted by Gasteiger charge is -2.02. The van der Waals surface area contributed by atoms with Crippen LogP contribution in [0.3, 0.4) is 0 Å². The average Bonchev–Trinajstić information content (AvgIpc) is 3.01. The number of anilines is 2. The van der Waals surface area contributed by atoms with Gasteiger partial charge in [0.15, 0.2) is 0 Å². The monoisotopic (exact) mass is 310 g/mol. The van der Waals surface area contributed by atoms with E-state index >= 15 is 0 Å². The number of tetrazole rings is 1. The van der Waals surface area contributed by atoms with Gasteiger partial charge in [-0.25, -0.2) is 0 Å². The van der Waals surface area contributed by atoms with Crippen molar-refractivity contribution < 1.29 is 0 Å². The van der Waals surface area contributed by atoms with Crippen molar-refractivity contribution in [3.63, 3.8) is 0 Å². The summed E-state index contributed by atoms with van der Waals surface area (Å²) in [5, 5.41) is 18.8. The third kappa shape index (κ3) is 3.50. The third-order valence-electron chi connectivity index (χ3n) is 2.92. The van der Waals surface area contributed by atoms with Gasteiger partial charge in [0.1, 0.15) is 0 Å². The summed E-state index contributed by atoms with van der Waals surface area (Å²) in [5.41, 5.74) is 1.89. The van der Waals surface area contributed by atoms with Crippen molar-refractivity contribution >= 4 is 29.6 Å². The molecule has 0 amide bonds. The van der Waals surface area contributed by atoms with E-state index in [1.54, 1.807) is 18.0 Å². The zero-order chi connectivity index (χ0) is 15.2. The average molecular weight is 310 g/mol. The zero-order valence-electron chi connectivity index (χ0n) is 11.9. The van der Waals surface area contributed by atoms with Crippen LogP contribution in [0.25, 0.3) is 0 Å². The minimum absolute atomic E-state index is 0.461. The van der Waals surface area contributed by atoms with E-state index < -0.39 is 0 Å². The lowest BCUT2D eigenvalue weighted by molar-refractivity contribution is 0.699. The van der Waals surface area contributed by atoms with Gasteiger partial charge in [0.05, 0.1) is 6.21 Å². The van der Waals surface area contributed by atoms with E-state index in [-0.39, 0.29) is 0 Å². The molecule has 3 aromatic rings. The molecule has 2 aromatic carbocycles. The topological polar surface area (TPSA) is 68.0 Å². The predicted molar refractivity (Wildman–Crippen MR) is 88.8 cm³/mol. The Balaban J connectivity index is 1.75. The van der Waals surface area contributed by atoms with Crippen molar-refractivity contribution in [3.05, 3.63) is 60.2 Å². The SMILES string of the molecule is CSc1ccc(C=Nn2nnnc2Nc2ccccc2)cc1. The molecule has 1 aromatic heterocycles. The molecule has 0 unspecified atom stereocenters. The van der Waals surface area contributed by atoms with Crippen LogP contribution in [0.2, 0.25) is 0 Å². The molecule has 6 nitrogen and oxygen atoms in total. The summed E-state index contributed by atoms with van der Waals surface area (Å²) in [5.74, 6) is 0.461. The Morgan fingerprint density at radius 2 is 1.86 bits per heavy atom. The molecule has 0 aliphatic carbocycles. The normalized spacial score (nSPS) is 11.0. The minimum Gasteiger partial charge on any atom is -0.321 e. The van der Waals surface area contributed by atoms with Crippen molar-refractivity contribution in [1.29, 1.82) is 0 Å². The summed E-state index contributed by atoms with van der Waals surface area (Å²) >= 11 is 1.70. The fraction of sp³-hybridized carbons (Fsp3) is 0.0667. The van der Waals surface area contributed by atoms with Crippen molar-refractivity contribution in [1.82, 2.24) is 20.3 Å². The van der Waals surface area contributed by atoms with Crippen molar-refractivity contribution in [2.24, 2.45) is 5.10 Å². The van der Waals surface area contributed by atoms with E-state index in [0.29, 0.717) is 5.95 Å². The van der Waals surface area contributed by atoms with Gasteiger partial charge >= 0.3 is 0 Å². The van der Waals surface area contributed by atoms with Crippen LogP contribution in [-0.2, 0) is 0 Å². The number of hydrogen-bond donors (Lipinski definition) is 1. The second-order valence-electron chi connectivity index (χ2n) is 4.40. The first-order chi connectivity index (χ1) is 10.8. The lowest BCUT2D eigenvalue weighted by atomic mass is 10.2. The molecule has 1 N–H and O–H groups in total. The highest BCUT2D eigenvalue weighted by Gasteiger charge is 2.04. The first-order valence-corrected chi connectivity index (χ1v) is 7.86. The molecule has 0 atom stereocenters. The van der Waals surface area contributed by atoms with E-state index in [1.165, 1.54) is 9.69 Å². The number of rotatable bonds is 5. The molecule has 0 aliphatic rings. The van der Waals surface area contributed by atoms with Gasteiger partial charge in [0.2, 0.25) is 0 Å². The van der Waals surface area contributed by atoms with Crippen molar-refractivity contribution in [3.8, 4) is 0 Å². The van der Waals surface area contributed by atoms with Crippen LogP contribution in [0.1, 0.15) is 5.56 Å². The van der Waals surface area contributed by atoms with Crippen LogP contribution in [0.4, 0.5) is 11.6 Å². The quantitative estimate of drug-likeness (QED) is 0.579. The number of benzene rings is 2. The van der Waals surface area contributed by atoms with E-state index in [1.807, 2.05) is 48.7 Å². The number of aromatic nitrogens is 4. The van der Waals surface area contributed by atoms with Gasteiger partial charge in [0.25, 0.3) is 5.95 Å². The molecule has 0 spiro atoms. The summed E-state index contributed by atoms with van der Waals surface area (Å²) in [6.07, 6.45) is 3.77. The highest BCUT2D eigenvalue weighted by molar-refractivity contribution is 7.98. The minimum atomic E-state index is 0.461. The Morgan fingerprint density at radius 3 is 2.59 bits per heavy atom. The number of para-hydroxylation sites is 1. The van der Waals surface area contributed by atoms with E-state index in [2.05, 4.69) is 38.1 Å². The first kappa shape index (κ1) is 14.3. The summed E-state index contributed by atoms with van der Waals surface area (Å²) in [4.78, 5) is 2.57. The Hall–Kier alpha value is -2.67. The van der Waals surface area contributed by atoms with Crippen LogP contribution in [0.15, 0.2) is 64.6 Å². The van der Waals surface area contributed by atoms with Gasteiger partial charge in [-0.05, 0) is 46.5 Å². The maximum Gasteiger partial charge on any atom is 0.269 e. The van der Waals surface area contributed by atoms with Gasteiger partial charge in [-0.2, -0.15) is 5.10 Å². The molecular weight excluding hydrogens is 296 g/mol. The van der Waals surface area contributed by atoms with Crippen LogP contribution >= 0.6 is 11.8 Å². The fourth-order valence-corrected chi connectivity index (χ4v) is 2.21. The molecule has 22 heavy (non-hydrogen) atoms. The molecule has 0 aliphatic heterocycles. The number of nitrogens with one attached hydrogen (secondary N) is 1. The Morgan fingerprint density at radius 1 is 1.09 bits per heavy atom. The molecule has 0 bridgehead atoms. The molecule has 0 saturated carbocycles. The van der Waals surface area contributed by atoms with E-state index in [9.17, 15) is 0 Å². The molecule has 0 radical (unpaired) electrons. The van der Waals surface area contributed by atoms with Crippen molar-refractivity contribution in [2.75, 3.05) is 11.6 Å². The summed E-state index contributed by atoms with van der Waals surface area (Å²) < 4.78 is 0. The van der Waals surface area contributed by atoms with Gasteiger partial charge in [-0.15, -0.1) is 11.8 Å². The molecule has 0 fully saturated rings. The maximum absolute atomic E-state index is 4.27. The highest BCUT2D eigenvalue weighted by atomic mass is 32.2. The smallest absolute Gasteiger partial charge is 0.269 e. The number of hydrogen-bond acceptors (Lipinski definition) is 6. The van der Waals surface area contributed by atoms with Gasteiger partial charge in [-0.3, -0.25) is 0 Å². The largest absolute Gasteiger partial charge is 0.321 e. The highest BCUT2D eigenvalue weighted by Crippen LogP contribution is 2.14. The Kier molecular flexibility index (Phi) is 4.45. The van der Waals surface area contributed by atoms with Crippen LogP contribution in [0, 0.1) is 0 Å². The number of nitrogens with zero attached hydrogens (tertiary/aromatic N) is 5. The van der Waals surface area contributed by atoms with E-state index in [4.69, 9.17) is 0 Å². The Labute approximate surface area is 132 Å². The first-order valence-electron chi connectivity index (χ1n) is 6.64. The zero-order valence-corrected chi connectivity index (χ0v) is 12.7. The van der Waals surface area contributed by atoms with Crippen LogP contribution in [0.5, 0.6) is 0 Å². The van der Waals surface area contributed by atoms with Gasteiger partial charge < -0.3 is 5.32 Å². The van der Waals surface area contributed by atoms with Gasteiger partial charge in [-0.1, -0.05) is 40.2 Å². The fourth-order valence-electron chi connectivity index (χ4n) is 1.80. The summed E-state index contributed by atoms with van der Waals surface area (Å²) in [6.45, 7) is 0. The third-order valence-corrected chi connectivity index (χ3v) is 3.66. The molecule has 110 valence electrons. The standard InChI is InChI=1S/C15H14N6S/c1-22-14-9-7-12(8-10-14)11-16-21-15(18-19-20-21)17-13-5-3-2-4-6-13/h2-11H,1H3,(H,17,18,20). The maximum atomic E-state index is 4.27. The second kappa shape index (κ2) is 6.86. The lowest BCUT2D eigenvalue weighted by Crippen LogP contribution is -2.01. The number of thioether (sulfide) groups is 1. The molecule has 7 heteroatoms. The Bertz CT molecular complexity index is 751. The second-order valence-corrected chi connectivity index (χ2v) is 5.28. The van der Waals surface area contributed by atoms with Gasteiger partial charge in [0, 0.05) is 10.6 Å². The summed E-state index contributed by atoms with van der Waals surface area (Å²) in [6, 6.07) is 17.8. The molecular formula is C15H14N6S. The predicted octanol–water partition coefficient (Wildman–Crippen LogP) is 3.02.